The second kappa shape index (κ2) is 8.49. The maximum atomic E-state index is 13.2. The van der Waals surface area contributed by atoms with Crippen LogP contribution in [0.25, 0.3) is 10.2 Å². The van der Waals surface area contributed by atoms with Gasteiger partial charge in [-0.05, 0) is 52.0 Å². The first-order valence-electron chi connectivity index (χ1n) is 10.5. The van der Waals surface area contributed by atoms with E-state index >= 15 is 0 Å². The zero-order valence-corrected chi connectivity index (χ0v) is 19.5. The minimum Gasteiger partial charge on any atom is -0.459 e. The van der Waals surface area contributed by atoms with E-state index in [1.165, 1.54) is 15.9 Å². The van der Waals surface area contributed by atoms with E-state index in [-0.39, 0.29) is 23.8 Å². The van der Waals surface area contributed by atoms with Crippen molar-refractivity contribution in [2.75, 3.05) is 6.54 Å². The highest BCUT2D eigenvalue weighted by Gasteiger charge is 2.38. The Bertz CT molecular complexity index is 1100. The number of nitrogens with zero attached hydrogens (tertiary/aromatic N) is 3. The van der Waals surface area contributed by atoms with E-state index < -0.39 is 11.6 Å². The largest absolute Gasteiger partial charge is 0.459 e. The molecule has 2 aromatic heterocycles. The van der Waals surface area contributed by atoms with Gasteiger partial charge in [-0.3, -0.25) is 23.7 Å². The van der Waals surface area contributed by atoms with Gasteiger partial charge in [-0.15, -0.1) is 11.3 Å². The topological polar surface area (TPSA) is 82.7 Å². The van der Waals surface area contributed by atoms with Crippen molar-refractivity contribution in [1.29, 1.82) is 0 Å². The average Bonchev–Trinajstić information content (AvgIpc) is 3.24. The lowest BCUT2D eigenvalue weighted by Gasteiger charge is -2.18. The van der Waals surface area contributed by atoms with Gasteiger partial charge in [-0.25, -0.2) is 4.79 Å². The molecule has 2 aromatic rings. The Kier molecular flexibility index (Phi) is 6.36. The molecule has 0 aromatic carbocycles. The third-order valence-corrected chi connectivity index (χ3v) is 6.51. The van der Waals surface area contributed by atoms with Crippen molar-refractivity contribution < 1.29 is 9.53 Å². The summed E-state index contributed by atoms with van der Waals surface area (Å²) in [5.74, 6) is -0.0521. The molecular formula is C22H31N3O4S. The third-order valence-electron chi connectivity index (χ3n) is 5.26. The quantitative estimate of drug-likeness (QED) is 0.493. The Balaban J connectivity index is 2.02. The molecule has 7 nitrogen and oxygen atoms in total. The number of rotatable bonds is 7. The number of carbonyl (C=O) groups is 1. The lowest BCUT2D eigenvalue weighted by atomic mass is 10.2. The van der Waals surface area contributed by atoms with E-state index in [1.807, 2.05) is 27.7 Å². The summed E-state index contributed by atoms with van der Waals surface area (Å²) in [5, 5.41) is 0.591. The highest BCUT2D eigenvalue weighted by atomic mass is 32.1. The molecule has 1 aliphatic rings. The van der Waals surface area contributed by atoms with Crippen molar-refractivity contribution in [1.82, 2.24) is 9.13 Å². The minimum atomic E-state index is -0.555. The normalized spacial score (nSPS) is 19.0. The van der Waals surface area contributed by atoms with E-state index in [4.69, 9.17) is 4.74 Å². The molecule has 0 unspecified atom stereocenters. The Morgan fingerprint density at radius 2 is 2.00 bits per heavy atom. The maximum Gasteiger partial charge on any atom is 0.332 e. The van der Waals surface area contributed by atoms with Crippen LogP contribution in [0.15, 0.2) is 14.6 Å². The van der Waals surface area contributed by atoms with Crippen molar-refractivity contribution in [3.8, 4) is 0 Å². The van der Waals surface area contributed by atoms with Crippen LogP contribution in [0.4, 0.5) is 0 Å². The number of ether oxygens (including phenoxy) is 1. The molecule has 1 aliphatic carbocycles. The Labute approximate surface area is 180 Å². The van der Waals surface area contributed by atoms with Crippen LogP contribution in [0.2, 0.25) is 0 Å². The second-order valence-corrected chi connectivity index (χ2v) is 10.1. The first kappa shape index (κ1) is 22.5. The lowest BCUT2D eigenvalue weighted by molar-refractivity contribution is -0.152. The van der Waals surface area contributed by atoms with E-state index in [9.17, 15) is 14.4 Å². The number of fused-ring (bicyclic) bond motifs is 1. The molecule has 0 aliphatic heterocycles. The first-order chi connectivity index (χ1) is 14.0. The van der Waals surface area contributed by atoms with Gasteiger partial charge in [0, 0.05) is 18.8 Å². The monoisotopic (exact) mass is 433 g/mol. The number of aliphatic imine (C=N–C) groups is 1. The van der Waals surface area contributed by atoms with Crippen molar-refractivity contribution in [2.24, 2.45) is 10.9 Å². The van der Waals surface area contributed by atoms with Crippen molar-refractivity contribution >= 4 is 33.7 Å². The van der Waals surface area contributed by atoms with Gasteiger partial charge in [0.25, 0.3) is 5.56 Å². The molecule has 2 heterocycles. The fraction of sp³-hybridized carbons (Fsp3) is 0.636. The summed E-state index contributed by atoms with van der Waals surface area (Å²) in [7, 11) is 0. The predicted molar refractivity (Wildman–Crippen MR) is 121 cm³/mol. The number of aromatic nitrogens is 2. The van der Waals surface area contributed by atoms with Gasteiger partial charge in [0.1, 0.15) is 17.0 Å². The molecule has 1 fully saturated rings. The predicted octanol–water partition coefficient (Wildman–Crippen LogP) is 3.67. The molecule has 0 amide bonds. The van der Waals surface area contributed by atoms with Gasteiger partial charge in [-0.1, -0.05) is 20.3 Å². The average molecular weight is 434 g/mol. The first-order valence-corrected chi connectivity index (χ1v) is 11.4. The van der Waals surface area contributed by atoms with E-state index in [2.05, 4.69) is 18.8 Å². The molecule has 0 bridgehead atoms. The number of hydrogen-bond donors (Lipinski definition) is 0. The van der Waals surface area contributed by atoms with Crippen LogP contribution >= 0.6 is 11.3 Å². The van der Waals surface area contributed by atoms with Crippen LogP contribution < -0.4 is 11.2 Å². The number of carbonyl (C=O) groups excluding carboxylic acids is 1. The maximum absolute atomic E-state index is 13.2. The third kappa shape index (κ3) is 4.58. The molecule has 0 N–H and O–H groups in total. The standard InChI is InChI=1S/C22H31N3O4S/c1-7-8-9-24-20-18(19(27)25(21(24)28)15-10-13(15)2)14(3)16(30-20)11-23-12-17(26)29-22(4,5)6/h11,13,15H,7-10,12H2,1-6H3/t13-,15-/m0/s1. The Morgan fingerprint density at radius 1 is 1.33 bits per heavy atom. The van der Waals surface area contributed by atoms with Crippen LogP contribution in [0.5, 0.6) is 0 Å². The summed E-state index contributed by atoms with van der Waals surface area (Å²) in [6, 6.07) is -0.00846. The van der Waals surface area contributed by atoms with E-state index in [0.29, 0.717) is 22.7 Å². The zero-order valence-electron chi connectivity index (χ0n) is 18.7. The van der Waals surface area contributed by atoms with Gasteiger partial charge in [-0.2, -0.15) is 0 Å². The molecule has 30 heavy (non-hydrogen) atoms. The number of hydrogen-bond acceptors (Lipinski definition) is 6. The van der Waals surface area contributed by atoms with Crippen LogP contribution in [0.1, 0.15) is 70.4 Å². The summed E-state index contributed by atoms with van der Waals surface area (Å²) in [4.78, 5) is 44.0. The van der Waals surface area contributed by atoms with Gasteiger partial charge in [0.15, 0.2) is 0 Å². The number of thiophene rings is 1. The number of esters is 1. The summed E-state index contributed by atoms with van der Waals surface area (Å²) in [5.41, 5.74) is -0.174. The van der Waals surface area contributed by atoms with Crippen LogP contribution in [0.3, 0.4) is 0 Å². The fourth-order valence-electron chi connectivity index (χ4n) is 3.55. The molecule has 0 radical (unpaired) electrons. The van der Waals surface area contributed by atoms with Gasteiger partial charge in [0.2, 0.25) is 0 Å². The molecule has 2 atom stereocenters. The fourth-order valence-corrected chi connectivity index (χ4v) is 4.76. The van der Waals surface area contributed by atoms with E-state index in [1.54, 1.807) is 10.8 Å². The summed E-state index contributed by atoms with van der Waals surface area (Å²) < 4.78 is 8.47. The summed E-state index contributed by atoms with van der Waals surface area (Å²) in [6.45, 7) is 12.0. The summed E-state index contributed by atoms with van der Waals surface area (Å²) in [6.07, 6.45) is 4.30. The second-order valence-electron chi connectivity index (χ2n) is 9.07. The van der Waals surface area contributed by atoms with Crippen molar-refractivity contribution in [2.45, 2.75) is 79.0 Å². The lowest BCUT2D eigenvalue weighted by Crippen LogP contribution is -2.39. The highest BCUT2D eigenvalue weighted by molar-refractivity contribution is 7.20. The number of aryl methyl sites for hydroxylation is 2. The molecule has 164 valence electrons. The van der Waals surface area contributed by atoms with Gasteiger partial charge < -0.3 is 4.74 Å². The zero-order chi connectivity index (χ0) is 22.2. The van der Waals surface area contributed by atoms with Crippen LogP contribution in [0, 0.1) is 12.8 Å². The van der Waals surface area contributed by atoms with Gasteiger partial charge >= 0.3 is 11.7 Å². The minimum absolute atomic E-state index is 0.00846. The molecule has 8 heteroatoms. The molecule has 1 saturated carbocycles. The smallest absolute Gasteiger partial charge is 0.332 e. The van der Waals surface area contributed by atoms with Crippen molar-refractivity contribution in [3.05, 3.63) is 31.3 Å². The van der Waals surface area contributed by atoms with Gasteiger partial charge in [0.05, 0.1) is 10.3 Å². The van der Waals surface area contributed by atoms with Crippen molar-refractivity contribution in [3.63, 3.8) is 0 Å². The van der Waals surface area contributed by atoms with E-state index in [0.717, 1.165) is 29.7 Å². The SMILES string of the molecule is CCCCn1c(=O)n([C@H]2C[C@@H]2C)c(=O)c2c(C)c(C=NCC(=O)OC(C)(C)C)sc21. The summed E-state index contributed by atoms with van der Waals surface area (Å²) >= 11 is 1.38. The molecule has 0 saturated heterocycles. The molecule has 3 rings (SSSR count). The Hall–Kier alpha value is -2.22. The van der Waals surface area contributed by atoms with Crippen LogP contribution in [-0.2, 0) is 16.1 Å². The molecular weight excluding hydrogens is 402 g/mol. The van der Waals surface area contributed by atoms with Crippen LogP contribution in [-0.4, -0.2) is 33.5 Å². The molecule has 0 spiro atoms. The highest BCUT2D eigenvalue weighted by Crippen LogP contribution is 2.41. The number of unbranched alkanes of at least 4 members (excludes halogenated alkanes) is 1. The Morgan fingerprint density at radius 3 is 2.57 bits per heavy atom.